The molecule has 2 heterocycles. The second-order valence-electron chi connectivity index (χ2n) is 6.78. The molecule has 1 N–H and O–H groups in total. The summed E-state index contributed by atoms with van der Waals surface area (Å²) in [5.74, 6) is -0.0267. The van der Waals surface area contributed by atoms with Gasteiger partial charge in [-0.15, -0.1) is 0 Å². The third kappa shape index (κ3) is 5.29. The highest BCUT2D eigenvalue weighted by atomic mass is 32.1. The van der Waals surface area contributed by atoms with Crippen LogP contribution in [0.4, 0.5) is 0 Å². The number of amides is 2. The summed E-state index contributed by atoms with van der Waals surface area (Å²) in [6.07, 6.45) is 2.14. The fraction of sp³-hybridized carbons (Fsp3) is 0.647. The molecule has 1 aromatic heterocycles. The number of thiophene rings is 1. The number of piperazine rings is 1. The molecule has 1 aromatic rings. The molecule has 0 bridgehead atoms. The Morgan fingerprint density at radius 1 is 1.25 bits per heavy atom. The summed E-state index contributed by atoms with van der Waals surface area (Å²) in [7, 11) is 1.71. The predicted octanol–water partition coefficient (Wildman–Crippen LogP) is 0.603. The minimum atomic E-state index is -0.0473. The second kappa shape index (κ2) is 8.09. The van der Waals surface area contributed by atoms with E-state index in [9.17, 15) is 9.59 Å². The molecule has 1 saturated heterocycles. The van der Waals surface area contributed by atoms with Gasteiger partial charge in [0.15, 0.2) is 0 Å². The molecule has 2 fully saturated rings. The minimum absolute atomic E-state index is 0.0206. The molecule has 0 unspecified atom stereocenters. The first-order valence-corrected chi connectivity index (χ1v) is 9.53. The molecule has 24 heavy (non-hydrogen) atoms. The van der Waals surface area contributed by atoms with Crippen LogP contribution in [0.5, 0.6) is 0 Å². The van der Waals surface area contributed by atoms with Crippen molar-refractivity contribution in [2.45, 2.75) is 25.4 Å². The van der Waals surface area contributed by atoms with Gasteiger partial charge < -0.3 is 10.2 Å². The summed E-state index contributed by atoms with van der Waals surface area (Å²) < 4.78 is 0. The van der Waals surface area contributed by atoms with Gasteiger partial charge in [0.2, 0.25) is 11.8 Å². The van der Waals surface area contributed by atoms with Crippen molar-refractivity contribution >= 4 is 23.2 Å². The first-order valence-electron chi connectivity index (χ1n) is 8.59. The molecule has 0 aromatic carbocycles. The zero-order chi connectivity index (χ0) is 16.9. The number of likely N-dealkylation sites (N-methyl/N-ethyl adjacent to an activating group) is 1. The van der Waals surface area contributed by atoms with E-state index in [-0.39, 0.29) is 18.4 Å². The third-order valence-corrected chi connectivity index (χ3v) is 5.29. The van der Waals surface area contributed by atoms with Gasteiger partial charge in [0.05, 0.1) is 13.1 Å². The molecule has 0 spiro atoms. The van der Waals surface area contributed by atoms with Crippen molar-refractivity contribution in [2.75, 3.05) is 46.3 Å². The highest BCUT2D eigenvalue weighted by Crippen LogP contribution is 2.18. The van der Waals surface area contributed by atoms with Gasteiger partial charge in [-0.25, -0.2) is 0 Å². The average Bonchev–Trinajstić information content (AvgIpc) is 3.21. The van der Waals surface area contributed by atoms with Crippen molar-refractivity contribution in [2.24, 2.45) is 0 Å². The van der Waals surface area contributed by atoms with E-state index >= 15 is 0 Å². The van der Waals surface area contributed by atoms with E-state index in [0.717, 1.165) is 45.6 Å². The van der Waals surface area contributed by atoms with Gasteiger partial charge >= 0.3 is 0 Å². The van der Waals surface area contributed by atoms with Crippen molar-refractivity contribution < 1.29 is 9.59 Å². The summed E-state index contributed by atoms with van der Waals surface area (Å²) in [5.41, 5.74) is 1.37. The van der Waals surface area contributed by atoms with Crippen LogP contribution in [-0.4, -0.2) is 78.9 Å². The van der Waals surface area contributed by atoms with E-state index < -0.39 is 0 Å². The van der Waals surface area contributed by atoms with Crippen LogP contribution in [0.15, 0.2) is 16.8 Å². The highest BCUT2D eigenvalue weighted by molar-refractivity contribution is 7.07. The maximum Gasteiger partial charge on any atom is 0.239 e. The van der Waals surface area contributed by atoms with Gasteiger partial charge in [-0.05, 0) is 35.2 Å². The Labute approximate surface area is 147 Å². The molecule has 3 rings (SSSR count). The minimum Gasteiger partial charge on any atom is -0.352 e. The maximum absolute atomic E-state index is 12.3. The van der Waals surface area contributed by atoms with Crippen LogP contribution in [-0.2, 0) is 16.1 Å². The molecule has 1 aliphatic carbocycles. The molecular weight excluding hydrogens is 324 g/mol. The Morgan fingerprint density at radius 3 is 2.58 bits per heavy atom. The molecule has 0 atom stereocenters. The lowest BCUT2D eigenvalue weighted by atomic mass is 10.2. The summed E-state index contributed by atoms with van der Waals surface area (Å²) in [6, 6.07) is 2.51. The van der Waals surface area contributed by atoms with Crippen LogP contribution in [0.3, 0.4) is 0 Å². The number of nitrogens with zero attached hydrogens (tertiary/aromatic N) is 3. The smallest absolute Gasteiger partial charge is 0.239 e. The fourth-order valence-corrected chi connectivity index (χ4v) is 3.52. The van der Waals surface area contributed by atoms with E-state index in [2.05, 4.69) is 31.9 Å². The molecule has 2 aliphatic rings. The van der Waals surface area contributed by atoms with Crippen molar-refractivity contribution in [3.05, 3.63) is 22.4 Å². The largest absolute Gasteiger partial charge is 0.352 e. The lowest BCUT2D eigenvalue weighted by Gasteiger charge is -2.34. The van der Waals surface area contributed by atoms with Gasteiger partial charge in [0.1, 0.15) is 0 Å². The van der Waals surface area contributed by atoms with Crippen LogP contribution in [0.2, 0.25) is 0 Å². The van der Waals surface area contributed by atoms with E-state index in [1.54, 1.807) is 18.4 Å². The summed E-state index contributed by atoms with van der Waals surface area (Å²) in [5, 5.41) is 7.22. The van der Waals surface area contributed by atoms with Crippen LogP contribution in [0.25, 0.3) is 0 Å². The summed E-state index contributed by atoms with van der Waals surface area (Å²) in [6.45, 7) is 5.32. The van der Waals surface area contributed by atoms with E-state index in [1.165, 1.54) is 10.5 Å². The maximum atomic E-state index is 12.3. The molecule has 7 heteroatoms. The number of hydrogen-bond donors (Lipinski definition) is 1. The van der Waals surface area contributed by atoms with Gasteiger partial charge in [0.25, 0.3) is 0 Å². The lowest BCUT2D eigenvalue weighted by molar-refractivity contribution is -0.136. The summed E-state index contributed by atoms with van der Waals surface area (Å²) in [4.78, 5) is 30.2. The van der Waals surface area contributed by atoms with Crippen LogP contribution < -0.4 is 5.32 Å². The molecule has 1 aliphatic heterocycles. The zero-order valence-electron chi connectivity index (χ0n) is 14.2. The quantitative estimate of drug-likeness (QED) is 0.783. The van der Waals surface area contributed by atoms with Crippen LogP contribution in [0, 0.1) is 0 Å². The van der Waals surface area contributed by atoms with Crippen molar-refractivity contribution in [1.29, 1.82) is 0 Å². The Hall–Kier alpha value is -1.44. The average molecular weight is 350 g/mol. The lowest BCUT2D eigenvalue weighted by Crippen LogP contribution is -2.50. The summed E-state index contributed by atoms with van der Waals surface area (Å²) >= 11 is 1.73. The van der Waals surface area contributed by atoms with Gasteiger partial charge in [-0.1, -0.05) is 0 Å². The molecule has 6 nitrogen and oxygen atoms in total. The van der Waals surface area contributed by atoms with Crippen LogP contribution in [0.1, 0.15) is 18.4 Å². The van der Waals surface area contributed by atoms with Crippen molar-refractivity contribution in [1.82, 2.24) is 20.0 Å². The molecule has 2 amide bonds. The number of carbonyl (C=O) groups excluding carboxylic acids is 2. The number of hydrogen-bond acceptors (Lipinski definition) is 5. The Bertz CT molecular complexity index is 551. The monoisotopic (exact) mass is 350 g/mol. The van der Waals surface area contributed by atoms with E-state index in [4.69, 9.17) is 0 Å². The van der Waals surface area contributed by atoms with E-state index in [0.29, 0.717) is 12.6 Å². The molecule has 0 radical (unpaired) electrons. The second-order valence-corrected chi connectivity index (χ2v) is 7.56. The Balaban J connectivity index is 1.35. The zero-order valence-corrected chi connectivity index (χ0v) is 15.1. The Morgan fingerprint density at radius 2 is 1.96 bits per heavy atom. The third-order valence-electron chi connectivity index (χ3n) is 4.56. The first-order chi connectivity index (χ1) is 11.6. The highest BCUT2D eigenvalue weighted by Gasteiger charge is 2.25. The number of nitrogens with one attached hydrogen (secondary N) is 1. The number of carbonyl (C=O) groups is 2. The first kappa shape index (κ1) is 17.4. The topological polar surface area (TPSA) is 55.9 Å². The van der Waals surface area contributed by atoms with Gasteiger partial charge in [0, 0.05) is 45.8 Å². The number of rotatable bonds is 7. The predicted molar refractivity (Wildman–Crippen MR) is 94.8 cm³/mol. The van der Waals surface area contributed by atoms with Crippen molar-refractivity contribution in [3.63, 3.8) is 0 Å². The standard InChI is InChI=1S/C17H26N4O2S/c1-19(11-16(22)18-15-2-3-15)17(23)12-21-7-5-20(6-8-21)10-14-4-9-24-13-14/h4,9,13,15H,2-3,5-8,10-12H2,1H3,(H,18,22). The SMILES string of the molecule is CN(CC(=O)NC1CC1)C(=O)CN1CCN(Cc2ccsc2)CC1. The Kier molecular flexibility index (Phi) is 5.86. The molecular formula is C17H26N4O2S. The van der Waals surface area contributed by atoms with Crippen LogP contribution >= 0.6 is 11.3 Å². The van der Waals surface area contributed by atoms with E-state index in [1.807, 2.05) is 0 Å². The normalized spacial score (nSPS) is 19.2. The van der Waals surface area contributed by atoms with Gasteiger partial charge in [-0.3, -0.25) is 19.4 Å². The fourth-order valence-electron chi connectivity index (χ4n) is 2.86. The molecule has 1 saturated carbocycles. The van der Waals surface area contributed by atoms with Crippen molar-refractivity contribution in [3.8, 4) is 0 Å². The molecule has 132 valence electrons. The van der Waals surface area contributed by atoms with Gasteiger partial charge in [-0.2, -0.15) is 11.3 Å².